The van der Waals surface area contributed by atoms with E-state index in [0.29, 0.717) is 28.7 Å². The SMILES string of the molecule is C=Cc1oc(C2=C(C)C(=C)c3cc(C)cc(C(C)Nc4ccccc4C(=O)O)c3O2)cc1/C=C\CC.CC. The van der Waals surface area contributed by atoms with Crippen LogP contribution in [0, 0.1) is 6.92 Å². The number of para-hydroxylation sites is 1. The summed E-state index contributed by atoms with van der Waals surface area (Å²) in [6.07, 6.45) is 6.70. The highest BCUT2D eigenvalue weighted by Crippen LogP contribution is 2.46. The molecule has 0 amide bonds. The van der Waals surface area contributed by atoms with E-state index in [-0.39, 0.29) is 11.6 Å². The first-order valence-corrected chi connectivity index (χ1v) is 13.0. The van der Waals surface area contributed by atoms with Crippen LogP contribution in [-0.4, -0.2) is 11.1 Å². The molecule has 0 saturated carbocycles. The van der Waals surface area contributed by atoms with Crippen LogP contribution in [0.15, 0.2) is 71.7 Å². The number of anilines is 1. The summed E-state index contributed by atoms with van der Waals surface area (Å²) in [5.41, 5.74) is 6.32. The van der Waals surface area contributed by atoms with E-state index in [9.17, 15) is 9.90 Å². The van der Waals surface area contributed by atoms with Crippen LogP contribution in [0.5, 0.6) is 5.75 Å². The van der Waals surface area contributed by atoms with E-state index >= 15 is 0 Å². The number of hydrogen-bond acceptors (Lipinski definition) is 4. The van der Waals surface area contributed by atoms with Crippen molar-refractivity contribution in [2.45, 2.75) is 54.0 Å². The van der Waals surface area contributed by atoms with Crippen LogP contribution in [-0.2, 0) is 0 Å². The van der Waals surface area contributed by atoms with Gasteiger partial charge in [0.05, 0.1) is 11.6 Å². The van der Waals surface area contributed by atoms with Crippen molar-refractivity contribution in [3.05, 3.63) is 107 Å². The van der Waals surface area contributed by atoms with Gasteiger partial charge in [-0.15, -0.1) is 0 Å². The molecule has 0 aliphatic carbocycles. The largest absolute Gasteiger partial charge is 0.478 e. The van der Waals surface area contributed by atoms with Gasteiger partial charge in [0.1, 0.15) is 11.5 Å². The van der Waals surface area contributed by atoms with Gasteiger partial charge in [0, 0.05) is 28.0 Å². The van der Waals surface area contributed by atoms with Gasteiger partial charge in [0.15, 0.2) is 11.5 Å². The maximum Gasteiger partial charge on any atom is 0.337 e. The van der Waals surface area contributed by atoms with Crippen molar-refractivity contribution < 1.29 is 19.1 Å². The fourth-order valence-corrected chi connectivity index (χ4v) is 4.39. The van der Waals surface area contributed by atoms with Crippen molar-refractivity contribution >= 4 is 35.1 Å². The number of ether oxygens (including phenoxy) is 1. The number of hydrogen-bond donors (Lipinski definition) is 2. The second kappa shape index (κ2) is 12.3. The third-order valence-electron chi connectivity index (χ3n) is 6.31. The summed E-state index contributed by atoms with van der Waals surface area (Å²) in [7, 11) is 0. The highest BCUT2D eigenvalue weighted by atomic mass is 16.5. The minimum atomic E-state index is -0.981. The lowest BCUT2D eigenvalue weighted by atomic mass is 9.90. The summed E-state index contributed by atoms with van der Waals surface area (Å²) in [6.45, 7) is 20.3. The van der Waals surface area contributed by atoms with E-state index in [2.05, 4.69) is 43.6 Å². The van der Waals surface area contributed by atoms with Crippen LogP contribution < -0.4 is 10.1 Å². The number of benzene rings is 2. The molecule has 2 N–H and O–H groups in total. The number of carboxylic acid groups (broad SMARTS) is 1. The molecule has 0 bridgehead atoms. The molecule has 2 aromatic carbocycles. The fourth-order valence-electron chi connectivity index (χ4n) is 4.39. The number of allylic oxidation sites excluding steroid dienone is 3. The number of aryl methyl sites for hydroxylation is 1. The van der Waals surface area contributed by atoms with Gasteiger partial charge in [-0.3, -0.25) is 0 Å². The maximum absolute atomic E-state index is 11.7. The van der Waals surface area contributed by atoms with Crippen LogP contribution in [0.3, 0.4) is 0 Å². The molecule has 2 heterocycles. The molecule has 1 aliphatic rings. The van der Waals surface area contributed by atoms with E-state index in [1.807, 2.05) is 52.8 Å². The minimum absolute atomic E-state index is 0.216. The van der Waals surface area contributed by atoms with Crippen LogP contribution in [0.1, 0.15) is 91.2 Å². The van der Waals surface area contributed by atoms with E-state index in [1.54, 1.807) is 24.3 Å². The molecular formula is C33H37NO4. The fraction of sp³-hybridized carbons (Fsp3) is 0.242. The summed E-state index contributed by atoms with van der Waals surface area (Å²) in [4.78, 5) is 11.7. The van der Waals surface area contributed by atoms with Gasteiger partial charge in [-0.1, -0.05) is 64.3 Å². The molecule has 1 atom stereocenters. The highest BCUT2D eigenvalue weighted by Gasteiger charge is 2.29. The molecule has 1 aromatic heterocycles. The summed E-state index contributed by atoms with van der Waals surface area (Å²) in [5, 5.41) is 13.0. The summed E-state index contributed by atoms with van der Waals surface area (Å²) >= 11 is 0. The Bertz CT molecular complexity index is 1420. The lowest BCUT2D eigenvalue weighted by Crippen LogP contribution is -2.15. The zero-order chi connectivity index (χ0) is 28.0. The Morgan fingerprint density at radius 2 is 1.87 bits per heavy atom. The third-order valence-corrected chi connectivity index (χ3v) is 6.31. The first-order chi connectivity index (χ1) is 18.2. The number of rotatable bonds is 8. The monoisotopic (exact) mass is 511 g/mol. The first-order valence-electron chi connectivity index (χ1n) is 13.0. The summed E-state index contributed by atoms with van der Waals surface area (Å²) in [6, 6.07) is 12.7. The van der Waals surface area contributed by atoms with Crippen molar-refractivity contribution in [1.29, 1.82) is 0 Å². The second-order valence-electron chi connectivity index (χ2n) is 8.93. The summed E-state index contributed by atoms with van der Waals surface area (Å²) < 4.78 is 12.7. The van der Waals surface area contributed by atoms with E-state index in [0.717, 1.165) is 39.8 Å². The quantitative estimate of drug-likeness (QED) is 0.315. The van der Waals surface area contributed by atoms with Gasteiger partial charge in [0.25, 0.3) is 0 Å². The molecule has 4 rings (SSSR count). The predicted octanol–water partition coefficient (Wildman–Crippen LogP) is 9.39. The van der Waals surface area contributed by atoms with Crippen LogP contribution >= 0.6 is 0 Å². The topological polar surface area (TPSA) is 71.7 Å². The lowest BCUT2D eigenvalue weighted by Gasteiger charge is -2.28. The van der Waals surface area contributed by atoms with Crippen LogP contribution in [0.25, 0.3) is 23.5 Å². The molecule has 1 aliphatic heterocycles. The van der Waals surface area contributed by atoms with Crippen LogP contribution in [0.2, 0.25) is 0 Å². The second-order valence-corrected chi connectivity index (χ2v) is 8.93. The Morgan fingerprint density at radius 1 is 1.16 bits per heavy atom. The maximum atomic E-state index is 11.7. The molecule has 0 radical (unpaired) electrons. The van der Waals surface area contributed by atoms with Gasteiger partial charge in [-0.25, -0.2) is 4.79 Å². The molecule has 5 nitrogen and oxygen atoms in total. The molecular weight excluding hydrogens is 474 g/mol. The Labute approximate surface area is 225 Å². The van der Waals surface area contributed by atoms with Gasteiger partial charge >= 0.3 is 5.97 Å². The van der Waals surface area contributed by atoms with E-state index in [1.165, 1.54) is 0 Å². The molecule has 38 heavy (non-hydrogen) atoms. The van der Waals surface area contributed by atoms with Crippen molar-refractivity contribution in [1.82, 2.24) is 0 Å². The van der Waals surface area contributed by atoms with E-state index < -0.39 is 5.97 Å². The Kier molecular flexibility index (Phi) is 9.19. The molecule has 0 fully saturated rings. The van der Waals surface area contributed by atoms with Gasteiger partial charge < -0.3 is 19.6 Å². The number of carboxylic acids is 1. The van der Waals surface area contributed by atoms with Crippen LogP contribution in [0.4, 0.5) is 5.69 Å². The lowest BCUT2D eigenvalue weighted by molar-refractivity contribution is 0.0698. The molecule has 1 unspecified atom stereocenters. The molecule has 3 aromatic rings. The predicted molar refractivity (Wildman–Crippen MR) is 158 cm³/mol. The molecule has 0 saturated heterocycles. The van der Waals surface area contributed by atoms with Gasteiger partial charge in [0.2, 0.25) is 0 Å². The molecule has 5 heteroatoms. The number of aromatic carboxylic acids is 1. The van der Waals surface area contributed by atoms with Gasteiger partial charge in [-0.05, 0) is 68.7 Å². The zero-order valence-electron chi connectivity index (χ0n) is 23.1. The smallest absolute Gasteiger partial charge is 0.337 e. The Hall–Kier alpha value is -4.25. The number of fused-ring (bicyclic) bond motifs is 1. The number of furan rings is 1. The average Bonchev–Trinajstić information content (AvgIpc) is 3.33. The average molecular weight is 512 g/mol. The summed E-state index contributed by atoms with van der Waals surface area (Å²) in [5.74, 6) is 1.59. The Balaban J connectivity index is 0.00000195. The first kappa shape index (κ1) is 28.3. The number of carbonyl (C=O) groups is 1. The van der Waals surface area contributed by atoms with Crippen molar-refractivity contribution in [3.8, 4) is 5.75 Å². The van der Waals surface area contributed by atoms with Gasteiger partial charge in [-0.2, -0.15) is 0 Å². The normalized spacial score (nSPS) is 13.4. The molecule has 198 valence electrons. The van der Waals surface area contributed by atoms with E-state index in [4.69, 9.17) is 9.15 Å². The highest BCUT2D eigenvalue weighted by molar-refractivity contribution is 5.94. The van der Waals surface area contributed by atoms with Crippen molar-refractivity contribution in [3.63, 3.8) is 0 Å². The third kappa shape index (κ3) is 5.67. The molecule has 0 spiro atoms. The Morgan fingerprint density at radius 3 is 2.53 bits per heavy atom. The zero-order valence-corrected chi connectivity index (χ0v) is 23.1. The number of nitrogens with one attached hydrogen (secondary N) is 1. The standard InChI is InChI=1S/C31H31NO4.C2H6/c1-7-9-12-22-17-28(35-27(22)8-2)29-20(5)19(4)24-15-18(3)16-25(30(24)36-29)21(6)32-26-14-11-10-13-23(26)31(33)34;1-2/h8-17,21,32H,2,4,7H2,1,3,5-6H3,(H,33,34);1-2H3/b12-9-;. The van der Waals surface area contributed by atoms with Crippen molar-refractivity contribution in [2.24, 2.45) is 0 Å². The van der Waals surface area contributed by atoms with Crippen molar-refractivity contribution in [2.75, 3.05) is 5.32 Å². The minimum Gasteiger partial charge on any atom is -0.478 e.